The van der Waals surface area contributed by atoms with Crippen molar-refractivity contribution in [2.75, 3.05) is 6.61 Å². The summed E-state index contributed by atoms with van der Waals surface area (Å²) >= 11 is 1.51. The fraction of sp³-hybridized carbons (Fsp3) is 0.625. The number of thiophene rings is 1. The van der Waals surface area contributed by atoms with Crippen LogP contribution in [-0.4, -0.2) is 33.4 Å². The minimum absolute atomic E-state index is 0.0501. The molecular weight excluding hydrogens is 298 g/mol. The van der Waals surface area contributed by atoms with Gasteiger partial charge in [0.2, 0.25) is 0 Å². The molecule has 3 rings (SSSR count). The Balaban J connectivity index is 1.90. The highest BCUT2D eigenvalue weighted by atomic mass is 32.1. The molecule has 0 radical (unpaired) electrons. The molecule has 120 valence electrons. The van der Waals surface area contributed by atoms with E-state index in [1.165, 1.54) is 43.4 Å². The van der Waals surface area contributed by atoms with Crippen LogP contribution in [-0.2, 0) is 0 Å². The Labute approximate surface area is 134 Å². The normalized spacial score (nSPS) is 17.8. The molecule has 1 saturated carbocycles. The fourth-order valence-corrected chi connectivity index (χ4v) is 4.23. The second-order valence-electron chi connectivity index (χ2n) is 6.21. The number of amides is 1. The van der Waals surface area contributed by atoms with E-state index in [-0.39, 0.29) is 18.6 Å². The number of rotatable bonds is 4. The highest BCUT2D eigenvalue weighted by Gasteiger charge is 2.22. The average Bonchev–Trinajstić information content (AvgIpc) is 3.09. The van der Waals surface area contributed by atoms with E-state index in [9.17, 15) is 4.79 Å². The molecule has 0 aromatic carbocycles. The van der Waals surface area contributed by atoms with Gasteiger partial charge in [0.05, 0.1) is 23.2 Å². The zero-order chi connectivity index (χ0) is 15.7. The van der Waals surface area contributed by atoms with Crippen LogP contribution in [0.1, 0.15) is 60.4 Å². The molecule has 5 nitrogen and oxygen atoms in total. The molecule has 0 aliphatic heterocycles. The molecule has 1 amide bonds. The standard InChI is InChI=1S/C16H23N3O2S/c1-10(9-20)17-15(21)14-8-13-11(2)18-19(16(13)22-14)12-6-4-3-5-7-12/h8,10,12,20H,3-7,9H2,1-2H3,(H,17,21)/t10-/m1/s1. The predicted molar refractivity (Wildman–Crippen MR) is 88.5 cm³/mol. The first kappa shape index (κ1) is 15.5. The van der Waals surface area contributed by atoms with E-state index >= 15 is 0 Å². The van der Waals surface area contributed by atoms with Gasteiger partial charge in [0, 0.05) is 11.4 Å². The van der Waals surface area contributed by atoms with E-state index in [1.807, 2.05) is 13.0 Å². The van der Waals surface area contributed by atoms with E-state index in [2.05, 4.69) is 10.00 Å². The monoisotopic (exact) mass is 321 g/mol. The summed E-state index contributed by atoms with van der Waals surface area (Å²) < 4.78 is 2.14. The van der Waals surface area contributed by atoms with Gasteiger partial charge in [-0.3, -0.25) is 9.48 Å². The van der Waals surface area contributed by atoms with Gasteiger partial charge in [-0.05, 0) is 32.8 Å². The lowest BCUT2D eigenvalue weighted by atomic mass is 9.96. The number of fused-ring (bicyclic) bond motifs is 1. The van der Waals surface area contributed by atoms with Crippen LogP contribution in [0.4, 0.5) is 0 Å². The number of hydrogen-bond donors (Lipinski definition) is 2. The van der Waals surface area contributed by atoms with Crippen LogP contribution in [0.25, 0.3) is 10.2 Å². The first-order chi connectivity index (χ1) is 10.6. The number of nitrogens with one attached hydrogen (secondary N) is 1. The molecule has 2 heterocycles. The SMILES string of the molecule is Cc1nn(C2CCCCC2)c2sc(C(=O)N[C@H](C)CO)cc12. The van der Waals surface area contributed by atoms with Gasteiger partial charge in [0.1, 0.15) is 4.83 Å². The van der Waals surface area contributed by atoms with Crippen LogP contribution in [0.3, 0.4) is 0 Å². The van der Waals surface area contributed by atoms with Crippen LogP contribution in [0.15, 0.2) is 6.07 Å². The van der Waals surface area contributed by atoms with Gasteiger partial charge in [-0.2, -0.15) is 5.10 Å². The Hall–Kier alpha value is -1.40. The van der Waals surface area contributed by atoms with Crippen molar-refractivity contribution in [1.29, 1.82) is 0 Å². The quantitative estimate of drug-likeness (QED) is 0.909. The van der Waals surface area contributed by atoms with Crippen molar-refractivity contribution in [3.63, 3.8) is 0 Å². The summed E-state index contributed by atoms with van der Waals surface area (Å²) in [6.45, 7) is 3.75. The third-order valence-corrected chi connectivity index (χ3v) is 5.49. The van der Waals surface area contributed by atoms with E-state index < -0.39 is 0 Å². The summed E-state index contributed by atoms with van der Waals surface area (Å²) in [4.78, 5) is 14.0. The molecule has 2 N–H and O–H groups in total. The van der Waals surface area contributed by atoms with Crippen LogP contribution in [0, 0.1) is 6.92 Å². The van der Waals surface area contributed by atoms with Crippen molar-refractivity contribution in [2.45, 2.75) is 58.0 Å². The predicted octanol–water partition coefficient (Wildman–Crippen LogP) is 3.02. The maximum absolute atomic E-state index is 12.2. The Bertz CT molecular complexity index is 670. The molecule has 1 aliphatic rings. The highest BCUT2D eigenvalue weighted by molar-refractivity contribution is 7.20. The van der Waals surface area contributed by atoms with Gasteiger partial charge in [0.15, 0.2) is 0 Å². The number of carbonyl (C=O) groups excluding carboxylic acids is 1. The topological polar surface area (TPSA) is 67.2 Å². The van der Waals surface area contributed by atoms with Crippen molar-refractivity contribution < 1.29 is 9.90 Å². The molecule has 0 spiro atoms. The van der Waals surface area contributed by atoms with Gasteiger partial charge in [-0.15, -0.1) is 11.3 Å². The van der Waals surface area contributed by atoms with E-state index in [0.717, 1.165) is 15.9 Å². The van der Waals surface area contributed by atoms with Gasteiger partial charge in [-0.1, -0.05) is 19.3 Å². The maximum Gasteiger partial charge on any atom is 0.261 e. The summed E-state index contributed by atoms with van der Waals surface area (Å²) in [7, 11) is 0. The van der Waals surface area contributed by atoms with E-state index in [1.54, 1.807) is 6.92 Å². The molecule has 1 atom stereocenters. The fourth-order valence-electron chi connectivity index (χ4n) is 3.10. The van der Waals surface area contributed by atoms with Crippen molar-refractivity contribution in [3.8, 4) is 0 Å². The van der Waals surface area contributed by atoms with Crippen molar-refractivity contribution in [2.24, 2.45) is 0 Å². The van der Waals surface area contributed by atoms with Crippen molar-refractivity contribution in [1.82, 2.24) is 15.1 Å². The summed E-state index contributed by atoms with van der Waals surface area (Å²) in [5.41, 5.74) is 0.992. The molecular formula is C16H23N3O2S. The van der Waals surface area contributed by atoms with Crippen LogP contribution in [0.2, 0.25) is 0 Å². The number of aryl methyl sites for hydroxylation is 1. The zero-order valence-corrected chi connectivity index (χ0v) is 13.9. The van der Waals surface area contributed by atoms with Gasteiger partial charge in [0.25, 0.3) is 5.91 Å². The number of hydrogen-bond acceptors (Lipinski definition) is 4. The Morgan fingerprint density at radius 3 is 2.91 bits per heavy atom. The van der Waals surface area contributed by atoms with Gasteiger partial charge < -0.3 is 10.4 Å². The first-order valence-electron chi connectivity index (χ1n) is 8.00. The first-order valence-corrected chi connectivity index (χ1v) is 8.82. The van der Waals surface area contributed by atoms with Crippen molar-refractivity contribution >= 4 is 27.5 Å². The average molecular weight is 321 g/mol. The number of aliphatic hydroxyl groups is 1. The lowest BCUT2D eigenvalue weighted by Crippen LogP contribution is -2.34. The van der Waals surface area contributed by atoms with Crippen molar-refractivity contribution in [3.05, 3.63) is 16.6 Å². The summed E-state index contributed by atoms with van der Waals surface area (Å²) in [6.07, 6.45) is 6.20. The van der Waals surface area contributed by atoms with E-state index in [4.69, 9.17) is 10.2 Å². The Morgan fingerprint density at radius 2 is 2.23 bits per heavy atom. The maximum atomic E-state index is 12.2. The molecule has 0 bridgehead atoms. The van der Waals surface area contributed by atoms with Crippen LogP contribution >= 0.6 is 11.3 Å². The second kappa shape index (κ2) is 6.38. The lowest BCUT2D eigenvalue weighted by molar-refractivity contribution is 0.0926. The molecule has 0 saturated heterocycles. The molecule has 6 heteroatoms. The lowest BCUT2D eigenvalue weighted by Gasteiger charge is -2.22. The number of carbonyl (C=O) groups is 1. The third kappa shape index (κ3) is 2.90. The second-order valence-corrected chi connectivity index (χ2v) is 7.24. The highest BCUT2D eigenvalue weighted by Crippen LogP contribution is 2.35. The minimum Gasteiger partial charge on any atom is -0.394 e. The summed E-state index contributed by atoms with van der Waals surface area (Å²) in [5, 5.41) is 17.7. The molecule has 2 aromatic heterocycles. The minimum atomic E-state index is -0.228. The molecule has 22 heavy (non-hydrogen) atoms. The van der Waals surface area contributed by atoms with Gasteiger partial charge >= 0.3 is 0 Å². The number of aromatic nitrogens is 2. The largest absolute Gasteiger partial charge is 0.394 e. The smallest absolute Gasteiger partial charge is 0.261 e. The summed E-state index contributed by atoms with van der Waals surface area (Å²) in [5.74, 6) is -0.114. The number of aliphatic hydroxyl groups excluding tert-OH is 1. The number of nitrogens with zero attached hydrogens (tertiary/aromatic N) is 2. The van der Waals surface area contributed by atoms with Gasteiger partial charge in [-0.25, -0.2) is 0 Å². The summed E-state index contributed by atoms with van der Waals surface area (Å²) in [6, 6.07) is 2.17. The molecule has 1 fully saturated rings. The third-order valence-electron chi connectivity index (χ3n) is 4.36. The Morgan fingerprint density at radius 1 is 1.50 bits per heavy atom. The molecule has 2 aromatic rings. The van der Waals surface area contributed by atoms with Crippen LogP contribution < -0.4 is 5.32 Å². The molecule has 1 aliphatic carbocycles. The zero-order valence-electron chi connectivity index (χ0n) is 13.1. The van der Waals surface area contributed by atoms with E-state index in [0.29, 0.717) is 10.9 Å². The van der Waals surface area contributed by atoms with Crippen LogP contribution in [0.5, 0.6) is 0 Å². The Kier molecular flexibility index (Phi) is 4.49. The molecule has 0 unspecified atom stereocenters.